The Morgan fingerprint density at radius 3 is 2.26 bits per heavy atom. The molecule has 0 atom stereocenters. The molecule has 218 valence electrons. The van der Waals surface area contributed by atoms with Gasteiger partial charge in [-0.25, -0.2) is 0 Å². The summed E-state index contributed by atoms with van der Waals surface area (Å²) in [5.74, 6) is 0.634. The van der Waals surface area contributed by atoms with Crippen molar-refractivity contribution in [2.75, 3.05) is 27.4 Å². The molecule has 1 heterocycles. The molecule has 3 aromatic carbocycles. The van der Waals surface area contributed by atoms with Crippen LogP contribution in [-0.2, 0) is 20.9 Å². The van der Waals surface area contributed by atoms with Crippen LogP contribution in [0.2, 0.25) is 5.02 Å². The molecule has 2 aliphatic carbocycles. The molecule has 6 nitrogen and oxygen atoms in total. The van der Waals surface area contributed by atoms with Crippen molar-refractivity contribution in [2.45, 2.75) is 58.0 Å². The van der Waals surface area contributed by atoms with Crippen LogP contribution in [0.25, 0.3) is 10.8 Å². The molecule has 0 aromatic heterocycles. The van der Waals surface area contributed by atoms with Gasteiger partial charge in [-0.15, -0.1) is 0 Å². The minimum absolute atomic E-state index is 0.0930. The number of nitrogens with zero attached hydrogens (tertiary/aromatic N) is 1. The number of fused-ring (bicyclic) bond motifs is 1. The number of carbonyl (C=O) groups is 2. The van der Waals surface area contributed by atoms with E-state index in [1.54, 1.807) is 14.2 Å². The number of carbonyl (C=O) groups excluding carboxylic acids is 2. The van der Waals surface area contributed by atoms with Gasteiger partial charge in [0.1, 0.15) is 6.61 Å². The lowest BCUT2D eigenvalue weighted by atomic mass is 9.71. The predicted molar refractivity (Wildman–Crippen MR) is 164 cm³/mol. The molecule has 1 aliphatic heterocycles. The molecular weight excluding hydrogens is 550 g/mol. The van der Waals surface area contributed by atoms with Gasteiger partial charge in [0.25, 0.3) is 0 Å². The number of rotatable bonds is 8. The number of hydrogen-bond acceptors (Lipinski definition) is 6. The standard InChI is InChI=1S/C35H36ClNO5/c1-21-14-15-22-8-4-5-9-24(22)25(21)20-42-35-26(36)18-23(19-31(35)41-3)32-33-27(10-6-12-29(33)38)37(16-17-40-2)28-11-7-13-30(39)34(28)32/h4-5,8-9,14-15,18-19,32H,6-7,10-13,16-17,20H2,1-3H3. The number of aryl methyl sites for hydroxylation is 1. The van der Waals surface area contributed by atoms with Crippen LogP contribution >= 0.6 is 11.6 Å². The average Bonchev–Trinajstić information content (AvgIpc) is 2.99. The first kappa shape index (κ1) is 28.5. The van der Waals surface area contributed by atoms with Gasteiger partial charge >= 0.3 is 0 Å². The number of allylic oxidation sites excluding steroid dienone is 4. The Hall–Kier alpha value is -3.61. The van der Waals surface area contributed by atoms with Crippen molar-refractivity contribution in [1.29, 1.82) is 0 Å². The summed E-state index contributed by atoms with van der Waals surface area (Å²) in [5.41, 5.74) is 6.46. The van der Waals surface area contributed by atoms with Crippen LogP contribution in [0.5, 0.6) is 11.5 Å². The minimum atomic E-state index is -0.477. The number of benzene rings is 3. The van der Waals surface area contributed by atoms with E-state index in [1.807, 2.05) is 24.3 Å². The smallest absolute Gasteiger partial charge is 0.180 e. The van der Waals surface area contributed by atoms with Crippen molar-refractivity contribution in [1.82, 2.24) is 4.90 Å². The van der Waals surface area contributed by atoms with E-state index >= 15 is 0 Å². The fourth-order valence-electron chi connectivity index (χ4n) is 6.83. The van der Waals surface area contributed by atoms with Crippen molar-refractivity contribution in [3.63, 3.8) is 0 Å². The summed E-state index contributed by atoms with van der Waals surface area (Å²) in [6.45, 7) is 3.53. The fraction of sp³-hybridized carbons (Fsp3) is 0.371. The monoisotopic (exact) mass is 585 g/mol. The lowest BCUT2D eigenvalue weighted by Crippen LogP contribution is -2.40. The topological polar surface area (TPSA) is 65.1 Å². The number of ether oxygens (including phenoxy) is 3. The summed E-state index contributed by atoms with van der Waals surface area (Å²) >= 11 is 6.94. The number of methoxy groups -OCH3 is 2. The average molecular weight is 586 g/mol. The third-order valence-electron chi connectivity index (χ3n) is 8.83. The van der Waals surface area contributed by atoms with Crippen LogP contribution in [0, 0.1) is 6.92 Å². The van der Waals surface area contributed by atoms with E-state index in [4.69, 9.17) is 25.8 Å². The van der Waals surface area contributed by atoms with Crippen LogP contribution in [-0.4, -0.2) is 43.8 Å². The third-order valence-corrected chi connectivity index (χ3v) is 9.11. The van der Waals surface area contributed by atoms with E-state index in [2.05, 4.69) is 36.1 Å². The summed E-state index contributed by atoms with van der Waals surface area (Å²) < 4.78 is 17.6. The van der Waals surface area contributed by atoms with Crippen LogP contribution in [0.1, 0.15) is 61.1 Å². The SMILES string of the molecule is COCCN1C2=C(C(=O)CCC2)C(c2cc(Cl)c(OCc3c(C)ccc4ccccc34)c(OC)c2)C2=C1CCCC2=O. The molecule has 0 spiro atoms. The second-order valence-electron chi connectivity index (χ2n) is 11.3. The summed E-state index contributed by atoms with van der Waals surface area (Å²) in [4.78, 5) is 29.4. The van der Waals surface area contributed by atoms with E-state index < -0.39 is 5.92 Å². The first-order valence-corrected chi connectivity index (χ1v) is 15.1. The van der Waals surface area contributed by atoms with Gasteiger partial charge in [-0.2, -0.15) is 0 Å². The van der Waals surface area contributed by atoms with E-state index in [0.29, 0.717) is 60.3 Å². The van der Waals surface area contributed by atoms with Crippen LogP contribution in [0.15, 0.2) is 71.1 Å². The largest absolute Gasteiger partial charge is 0.493 e. The molecule has 3 aromatic rings. The lowest BCUT2D eigenvalue weighted by molar-refractivity contribution is -0.117. The summed E-state index contributed by atoms with van der Waals surface area (Å²) in [5, 5.41) is 2.67. The molecule has 0 amide bonds. The van der Waals surface area contributed by atoms with Gasteiger partial charge in [0.15, 0.2) is 23.1 Å². The molecule has 0 fully saturated rings. The second-order valence-corrected chi connectivity index (χ2v) is 11.7. The Kier molecular flexibility index (Phi) is 8.11. The highest BCUT2D eigenvalue weighted by molar-refractivity contribution is 6.32. The molecule has 0 saturated heterocycles. The van der Waals surface area contributed by atoms with Gasteiger partial charge in [-0.1, -0.05) is 48.0 Å². The Morgan fingerprint density at radius 1 is 0.905 bits per heavy atom. The highest BCUT2D eigenvalue weighted by Gasteiger charge is 2.43. The lowest BCUT2D eigenvalue weighted by Gasteiger charge is -2.44. The molecular formula is C35H36ClNO5. The normalized spacial score (nSPS) is 17.6. The number of Topliss-reactive ketones (excluding diaryl/α,β-unsaturated/α-hetero) is 2. The quantitative estimate of drug-likeness (QED) is 0.274. The highest BCUT2D eigenvalue weighted by atomic mass is 35.5. The highest BCUT2D eigenvalue weighted by Crippen LogP contribution is 2.51. The molecule has 3 aliphatic rings. The van der Waals surface area contributed by atoms with E-state index in [1.165, 1.54) is 0 Å². The van der Waals surface area contributed by atoms with Gasteiger partial charge in [-0.05, 0) is 66.6 Å². The first-order chi connectivity index (χ1) is 20.4. The molecule has 0 bridgehead atoms. The molecule has 6 rings (SSSR count). The summed E-state index contributed by atoms with van der Waals surface area (Å²) in [6, 6.07) is 16.2. The Balaban J connectivity index is 1.42. The molecule has 7 heteroatoms. The van der Waals surface area contributed by atoms with Gasteiger partial charge in [0.05, 0.1) is 18.7 Å². The third kappa shape index (κ3) is 5.01. The molecule has 0 radical (unpaired) electrons. The van der Waals surface area contributed by atoms with Crippen molar-refractivity contribution >= 4 is 33.9 Å². The minimum Gasteiger partial charge on any atom is -0.493 e. The van der Waals surface area contributed by atoms with Crippen molar-refractivity contribution < 1.29 is 23.8 Å². The van der Waals surface area contributed by atoms with Crippen molar-refractivity contribution in [3.05, 3.63) is 92.8 Å². The van der Waals surface area contributed by atoms with Gasteiger partial charge in [0.2, 0.25) is 0 Å². The van der Waals surface area contributed by atoms with Crippen molar-refractivity contribution in [3.8, 4) is 11.5 Å². The van der Waals surface area contributed by atoms with Crippen LogP contribution in [0.4, 0.5) is 0 Å². The van der Waals surface area contributed by atoms with E-state index in [-0.39, 0.29) is 11.6 Å². The molecule has 42 heavy (non-hydrogen) atoms. The van der Waals surface area contributed by atoms with Crippen LogP contribution in [0.3, 0.4) is 0 Å². The number of halogens is 1. The van der Waals surface area contributed by atoms with E-state index in [0.717, 1.165) is 64.5 Å². The zero-order valence-corrected chi connectivity index (χ0v) is 25.2. The maximum absolute atomic E-state index is 13.6. The summed E-state index contributed by atoms with van der Waals surface area (Å²) in [6.07, 6.45) is 4.14. The Labute approximate surface area is 251 Å². The first-order valence-electron chi connectivity index (χ1n) is 14.7. The molecule has 0 N–H and O–H groups in total. The Bertz CT molecular complexity index is 1590. The van der Waals surface area contributed by atoms with Gasteiger partial charge in [0, 0.05) is 60.5 Å². The number of hydrogen-bond donors (Lipinski definition) is 0. The number of ketones is 2. The van der Waals surface area contributed by atoms with Gasteiger partial charge in [-0.3, -0.25) is 9.59 Å². The van der Waals surface area contributed by atoms with Crippen molar-refractivity contribution in [2.24, 2.45) is 0 Å². The Morgan fingerprint density at radius 2 is 1.60 bits per heavy atom. The fourth-order valence-corrected chi connectivity index (χ4v) is 7.10. The van der Waals surface area contributed by atoms with Gasteiger partial charge < -0.3 is 19.1 Å². The maximum atomic E-state index is 13.6. The zero-order chi connectivity index (χ0) is 29.4. The summed E-state index contributed by atoms with van der Waals surface area (Å²) in [7, 11) is 3.26. The second kappa shape index (κ2) is 11.9. The van der Waals surface area contributed by atoms with E-state index in [9.17, 15) is 9.59 Å². The maximum Gasteiger partial charge on any atom is 0.180 e. The zero-order valence-electron chi connectivity index (χ0n) is 24.4. The predicted octanol–water partition coefficient (Wildman–Crippen LogP) is 7.45. The molecule has 0 unspecified atom stereocenters. The molecule has 0 saturated carbocycles. The van der Waals surface area contributed by atoms with Crippen LogP contribution < -0.4 is 9.47 Å².